The van der Waals surface area contributed by atoms with E-state index < -0.39 is 0 Å². The topological polar surface area (TPSA) is 12.5 Å². The van der Waals surface area contributed by atoms with Crippen LogP contribution in [-0.2, 0) is 4.74 Å². The number of ether oxygens (including phenoxy) is 1. The van der Waals surface area contributed by atoms with Gasteiger partial charge in [-0.2, -0.15) is 0 Å². The van der Waals surface area contributed by atoms with Crippen molar-refractivity contribution in [1.82, 2.24) is 4.90 Å². The van der Waals surface area contributed by atoms with Crippen molar-refractivity contribution < 1.29 is 4.74 Å². The van der Waals surface area contributed by atoms with Crippen LogP contribution >= 0.6 is 0 Å². The molecule has 0 aromatic rings. The van der Waals surface area contributed by atoms with Gasteiger partial charge in [0.15, 0.2) is 0 Å². The van der Waals surface area contributed by atoms with Gasteiger partial charge in [0, 0.05) is 7.11 Å². The Morgan fingerprint density at radius 1 is 1.36 bits per heavy atom. The lowest BCUT2D eigenvalue weighted by atomic mass is 9.98. The Hall–Kier alpha value is -0.340. The zero-order valence-electron chi connectivity index (χ0n) is 9.75. The van der Waals surface area contributed by atoms with E-state index in [1.165, 1.54) is 31.3 Å². The number of nitrogens with zero attached hydrogens (tertiary/aromatic N) is 1. The van der Waals surface area contributed by atoms with Gasteiger partial charge in [0.1, 0.15) is 6.23 Å². The second-order valence-electron chi connectivity index (χ2n) is 3.83. The fourth-order valence-electron chi connectivity index (χ4n) is 2.18. The van der Waals surface area contributed by atoms with Gasteiger partial charge in [-0.25, -0.2) is 0 Å². The molecule has 0 spiro atoms. The number of methoxy groups -OCH3 is 1. The van der Waals surface area contributed by atoms with E-state index in [1.54, 1.807) is 0 Å². The van der Waals surface area contributed by atoms with Crippen LogP contribution < -0.4 is 0 Å². The fraction of sp³-hybridized carbons (Fsp3) is 0.833. The van der Waals surface area contributed by atoms with E-state index in [1.807, 2.05) is 7.11 Å². The average Bonchev–Trinajstić information content (AvgIpc) is 2.27. The van der Waals surface area contributed by atoms with Crippen LogP contribution in [0.1, 0.15) is 39.5 Å². The Labute approximate surface area is 87.9 Å². The Morgan fingerprint density at radius 2 is 2.07 bits per heavy atom. The first-order valence-corrected chi connectivity index (χ1v) is 5.79. The summed E-state index contributed by atoms with van der Waals surface area (Å²) in [5, 5.41) is 0. The van der Waals surface area contributed by atoms with Crippen molar-refractivity contribution in [2.24, 2.45) is 0 Å². The van der Waals surface area contributed by atoms with E-state index in [-0.39, 0.29) is 6.23 Å². The molecule has 0 saturated heterocycles. The predicted octanol–water partition coefficient (Wildman–Crippen LogP) is 2.80. The summed E-state index contributed by atoms with van der Waals surface area (Å²) in [4.78, 5) is 2.37. The van der Waals surface area contributed by atoms with Gasteiger partial charge in [-0.15, -0.1) is 0 Å². The molecule has 2 heteroatoms. The minimum atomic E-state index is 0.227. The third kappa shape index (κ3) is 2.82. The molecule has 0 radical (unpaired) electrons. The van der Waals surface area contributed by atoms with E-state index >= 15 is 0 Å². The smallest absolute Gasteiger partial charge is 0.132 e. The van der Waals surface area contributed by atoms with Crippen LogP contribution in [0.5, 0.6) is 0 Å². The first-order valence-electron chi connectivity index (χ1n) is 5.79. The lowest BCUT2D eigenvalue weighted by Crippen LogP contribution is -2.38. The molecule has 0 aromatic carbocycles. The first-order chi connectivity index (χ1) is 6.83. The summed E-state index contributed by atoms with van der Waals surface area (Å²) in [5.74, 6) is 0. The highest BCUT2D eigenvalue weighted by Crippen LogP contribution is 2.23. The van der Waals surface area contributed by atoms with Crippen LogP contribution in [0.2, 0.25) is 0 Å². The first kappa shape index (κ1) is 11.7. The molecule has 0 aromatic heterocycles. The molecule has 0 aliphatic heterocycles. The van der Waals surface area contributed by atoms with Gasteiger partial charge in [0.2, 0.25) is 0 Å². The number of hydrogen-bond acceptors (Lipinski definition) is 2. The Bertz CT molecular complexity index is 185. The van der Waals surface area contributed by atoms with Crippen LogP contribution in [0.3, 0.4) is 0 Å². The quantitative estimate of drug-likeness (QED) is 0.496. The van der Waals surface area contributed by atoms with Crippen LogP contribution in [-0.4, -0.2) is 31.3 Å². The predicted molar refractivity (Wildman–Crippen MR) is 60.3 cm³/mol. The lowest BCUT2D eigenvalue weighted by Gasteiger charge is -2.31. The summed E-state index contributed by atoms with van der Waals surface area (Å²) < 4.78 is 5.59. The fourth-order valence-corrected chi connectivity index (χ4v) is 2.18. The average molecular weight is 197 g/mol. The van der Waals surface area contributed by atoms with Crippen molar-refractivity contribution in [2.75, 3.05) is 20.2 Å². The highest BCUT2D eigenvalue weighted by atomic mass is 16.5. The van der Waals surface area contributed by atoms with Crippen LogP contribution in [0.25, 0.3) is 0 Å². The van der Waals surface area contributed by atoms with E-state index in [0.29, 0.717) is 0 Å². The van der Waals surface area contributed by atoms with Gasteiger partial charge >= 0.3 is 0 Å². The molecule has 0 heterocycles. The Morgan fingerprint density at radius 3 is 2.50 bits per heavy atom. The largest absolute Gasteiger partial charge is 0.362 e. The van der Waals surface area contributed by atoms with Crippen molar-refractivity contribution in [2.45, 2.75) is 45.8 Å². The number of likely N-dealkylation sites (N-methyl/N-ethyl adjacent to an activating group) is 1. The van der Waals surface area contributed by atoms with E-state index in [2.05, 4.69) is 24.8 Å². The molecule has 0 fully saturated rings. The van der Waals surface area contributed by atoms with Gasteiger partial charge in [-0.1, -0.05) is 19.9 Å². The number of rotatable bonds is 5. The maximum absolute atomic E-state index is 5.59. The molecule has 2 nitrogen and oxygen atoms in total. The third-order valence-electron chi connectivity index (χ3n) is 3.01. The monoisotopic (exact) mass is 197 g/mol. The molecule has 82 valence electrons. The summed E-state index contributed by atoms with van der Waals surface area (Å²) in [7, 11) is 1.82. The van der Waals surface area contributed by atoms with Crippen molar-refractivity contribution >= 4 is 0 Å². The van der Waals surface area contributed by atoms with Crippen molar-refractivity contribution in [3.63, 3.8) is 0 Å². The second-order valence-corrected chi connectivity index (χ2v) is 3.83. The van der Waals surface area contributed by atoms with Gasteiger partial charge in [0.25, 0.3) is 0 Å². The molecule has 1 rings (SSSR count). The van der Waals surface area contributed by atoms with Crippen molar-refractivity contribution in [3.8, 4) is 0 Å². The molecule has 0 N–H and O–H groups in total. The maximum atomic E-state index is 5.59. The zero-order chi connectivity index (χ0) is 10.4. The van der Waals surface area contributed by atoms with Crippen molar-refractivity contribution in [1.29, 1.82) is 0 Å². The SMILES string of the molecule is CCN(CC)C(OC)C1=CCCCC1. The number of allylic oxidation sites excluding steroid dienone is 1. The molecule has 0 amide bonds. The van der Waals surface area contributed by atoms with Gasteiger partial charge < -0.3 is 4.74 Å². The molecule has 14 heavy (non-hydrogen) atoms. The second kappa shape index (κ2) is 6.20. The molecule has 1 aliphatic carbocycles. The summed E-state index contributed by atoms with van der Waals surface area (Å²) in [6.45, 7) is 6.51. The maximum Gasteiger partial charge on any atom is 0.132 e. The van der Waals surface area contributed by atoms with E-state index in [0.717, 1.165) is 13.1 Å². The van der Waals surface area contributed by atoms with Gasteiger partial charge in [-0.3, -0.25) is 4.90 Å². The van der Waals surface area contributed by atoms with Gasteiger partial charge in [-0.05, 0) is 44.3 Å². The molecule has 0 saturated carbocycles. The Kier molecular flexibility index (Phi) is 5.20. The summed E-state index contributed by atoms with van der Waals surface area (Å²) in [6.07, 6.45) is 7.72. The zero-order valence-corrected chi connectivity index (χ0v) is 9.75. The summed E-state index contributed by atoms with van der Waals surface area (Å²) >= 11 is 0. The van der Waals surface area contributed by atoms with E-state index in [9.17, 15) is 0 Å². The Balaban J connectivity index is 2.63. The third-order valence-corrected chi connectivity index (χ3v) is 3.01. The molecule has 1 unspecified atom stereocenters. The summed E-state index contributed by atoms with van der Waals surface area (Å²) in [5.41, 5.74) is 1.49. The van der Waals surface area contributed by atoms with Crippen molar-refractivity contribution in [3.05, 3.63) is 11.6 Å². The normalized spacial score (nSPS) is 19.6. The van der Waals surface area contributed by atoms with Crippen LogP contribution in [0, 0.1) is 0 Å². The lowest BCUT2D eigenvalue weighted by molar-refractivity contribution is -0.00303. The molecule has 0 bridgehead atoms. The molecular formula is C12H23NO. The standard InChI is InChI=1S/C12H23NO/c1-4-13(5-2)12(14-3)11-9-7-6-8-10-11/h9,12H,4-8,10H2,1-3H3. The molecular weight excluding hydrogens is 174 g/mol. The number of hydrogen-bond donors (Lipinski definition) is 0. The summed E-state index contributed by atoms with van der Waals surface area (Å²) in [6, 6.07) is 0. The van der Waals surface area contributed by atoms with Gasteiger partial charge in [0.05, 0.1) is 0 Å². The highest BCUT2D eigenvalue weighted by molar-refractivity contribution is 5.10. The minimum Gasteiger partial charge on any atom is -0.362 e. The molecule has 1 aliphatic rings. The van der Waals surface area contributed by atoms with Crippen LogP contribution in [0.15, 0.2) is 11.6 Å². The minimum absolute atomic E-state index is 0.227. The highest BCUT2D eigenvalue weighted by Gasteiger charge is 2.20. The molecule has 1 atom stereocenters. The van der Waals surface area contributed by atoms with Crippen LogP contribution in [0.4, 0.5) is 0 Å². The van der Waals surface area contributed by atoms with E-state index in [4.69, 9.17) is 4.74 Å².